The molecule has 0 amide bonds. The Balaban J connectivity index is 1.83. The maximum atomic E-state index is 12.8. The van der Waals surface area contributed by atoms with E-state index in [0.29, 0.717) is 15.8 Å². The molecule has 0 N–H and O–H groups in total. The van der Waals surface area contributed by atoms with E-state index in [9.17, 15) is 9.59 Å². The van der Waals surface area contributed by atoms with E-state index in [1.54, 1.807) is 24.3 Å². The lowest BCUT2D eigenvalue weighted by molar-refractivity contribution is 0.0970. The van der Waals surface area contributed by atoms with Crippen molar-refractivity contribution >= 4 is 37.6 Å². The highest BCUT2D eigenvalue weighted by molar-refractivity contribution is 7.25. The first kappa shape index (κ1) is 15.7. The Morgan fingerprint density at radius 2 is 1.96 bits per heavy atom. The number of Topliss-reactive ketones (excluding diaryl/α,β-unsaturated/α-hetero) is 1. The number of benzene rings is 1. The molecule has 6 heteroatoms. The SMILES string of the molecule is Cc1cc(C)c2c(n1)sc1c(=O)n(CC(=O)c3ccccc3)cnc12. The molecule has 1 aromatic carbocycles. The van der Waals surface area contributed by atoms with Crippen molar-refractivity contribution in [3.8, 4) is 0 Å². The molecule has 0 saturated heterocycles. The fourth-order valence-corrected chi connectivity index (χ4v) is 4.18. The number of ketones is 1. The van der Waals surface area contributed by atoms with Crippen molar-refractivity contribution in [1.29, 1.82) is 0 Å². The molecule has 0 atom stereocenters. The van der Waals surface area contributed by atoms with Gasteiger partial charge >= 0.3 is 0 Å². The van der Waals surface area contributed by atoms with Crippen molar-refractivity contribution in [2.24, 2.45) is 0 Å². The molecule has 4 rings (SSSR count). The molecule has 4 aromatic rings. The summed E-state index contributed by atoms with van der Waals surface area (Å²) in [5.41, 5.74) is 3.02. The molecule has 0 aliphatic rings. The van der Waals surface area contributed by atoms with E-state index >= 15 is 0 Å². The van der Waals surface area contributed by atoms with Gasteiger partial charge in [0, 0.05) is 16.6 Å². The fraction of sp³-hybridized carbons (Fsp3) is 0.158. The molecule has 0 aliphatic carbocycles. The molecule has 0 radical (unpaired) electrons. The van der Waals surface area contributed by atoms with Crippen LogP contribution < -0.4 is 5.56 Å². The van der Waals surface area contributed by atoms with Crippen LogP contribution in [0.25, 0.3) is 20.4 Å². The molecule has 0 bridgehead atoms. The number of thiophene rings is 1. The zero-order valence-corrected chi connectivity index (χ0v) is 14.6. The van der Waals surface area contributed by atoms with Crippen molar-refractivity contribution in [3.63, 3.8) is 0 Å². The second-order valence-corrected chi connectivity index (χ2v) is 7.01. The standard InChI is InChI=1S/C19H15N3O2S/c1-11-8-12(2)21-18-15(11)16-17(25-18)19(24)22(10-20-16)9-14(23)13-6-4-3-5-7-13/h3-8,10H,9H2,1-2H3. The highest BCUT2D eigenvalue weighted by atomic mass is 32.1. The van der Waals surface area contributed by atoms with Gasteiger partial charge in [0.1, 0.15) is 9.53 Å². The van der Waals surface area contributed by atoms with Gasteiger partial charge in [-0.25, -0.2) is 9.97 Å². The largest absolute Gasteiger partial charge is 0.292 e. The quantitative estimate of drug-likeness (QED) is 0.531. The first-order valence-electron chi connectivity index (χ1n) is 7.89. The molecule has 0 unspecified atom stereocenters. The average molecular weight is 349 g/mol. The van der Waals surface area contributed by atoms with Gasteiger partial charge in [-0.05, 0) is 25.5 Å². The summed E-state index contributed by atoms with van der Waals surface area (Å²) in [4.78, 5) is 35.0. The summed E-state index contributed by atoms with van der Waals surface area (Å²) >= 11 is 1.34. The lowest BCUT2D eigenvalue weighted by atomic mass is 10.1. The van der Waals surface area contributed by atoms with Crippen LogP contribution in [0.1, 0.15) is 21.6 Å². The van der Waals surface area contributed by atoms with Crippen LogP contribution in [0.4, 0.5) is 0 Å². The highest BCUT2D eigenvalue weighted by Gasteiger charge is 2.16. The first-order valence-corrected chi connectivity index (χ1v) is 8.70. The van der Waals surface area contributed by atoms with E-state index in [2.05, 4.69) is 9.97 Å². The molecular formula is C19H15N3O2S. The minimum Gasteiger partial charge on any atom is -0.292 e. The molecule has 25 heavy (non-hydrogen) atoms. The number of aromatic nitrogens is 3. The number of fused-ring (bicyclic) bond motifs is 3. The average Bonchev–Trinajstić information content (AvgIpc) is 2.97. The predicted octanol–water partition coefficient (Wildman–Crippen LogP) is 3.51. The van der Waals surface area contributed by atoms with Crippen LogP contribution in [-0.4, -0.2) is 20.3 Å². The molecule has 0 fully saturated rings. The number of hydrogen-bond donors (Lipinski definition) is 0. The Morgan fingerprint density at radius 1 is 1.20 bits per heavy atom. The lowest BCUT2D eigenvalue weighted by Crippen LogP contribution is -2.24. The lowest BCUT2D eigenvalue weighted by Gasteiger charge is -2.05. The third-order valence-corrected chi connectivity index (χ3v) is 5.21. The molecule has 124 valence electrons. The number of carbonyl (C=O) groups is 1. The third-order valence-electron chi connectivity index (χ3n) is 4.15. The second-order valence-electron chi connectivity index (χ2n) is 6.01. The fourth-order valence-electron chi connectivity index (χ4n) is 2.98. The van der Waals surface area contributed by atoms with Gasteiger partial charge < -0.3 is 0 Å². The van der Waals surface area contributed by atoms with Crippen LogP contribution in [0.3, 0.4) is 0 Å². The van der Waals surface area contributed by atoms with Crippen LogP contribution in [0.15, 0.2) is 47.5 Å². The first-order chi connectivity index (χ1) is 12.0. The highest BCUT2D eigenvalue weighted by Crippen LogP contribution is 2.31. The number of aryl methyl sites for hydroxylation is 2. The molecule has 3 heterocycles. The minimum atomic E-state index is -0.200. The summed E-state index contributed by atoms with van der Waals surface area (Å²) in [6.45, 7) is 3.90. The van der Waals surface area contributed by atoms with Crippen LogP contribution in [0, 0.1) is 13.8 Å². The monoisotopic (exact) mass is 349 g/mol. The van der Waals surface area contributed by atoms with Crippen molar-refractivity contribution in [1.82, 2.24) is 14.5 Å². The van der Waals surface area contributed by atoms with Gasteiger partial charge in [0.25, 0.3) is 5.56 Å². The molecule has 3 aromatic heterocycles. The number of carbonyl (C=O) groups excluding carboxylic acids is 1. The van der Waals surface area contributed by atoms with E-state index in [1.807, 2.05) is 26.0 Å². The summed E-state index contributed by atoms with van der Waals surface area (Å²) in [5, 5.41) is 0.921. The zero-order valence-electron chi connectivity index (χ0n) is 13.8. The Labute approximate surface area is 147 Å². The molecule has 0 aliphatic heterocycles. The molecule has 0 spiro atoms. The van der Waals surface area contributed by atoms with Crippen molar-refractivity contribution in [2.75, 3.05) is 0 Å². The Hall–Kier alpha value is -2.86. The van der Waals surface area contributed by atoms with E-state index in [-0.39, 0.29) is 17.9 Å². The minimum absolute atomic E-state index is 0.0224. The number of rotatable bonds is 3. The van der Waals surface area contributed by atoms with Gasteiger partial charge in [0.15, 0.2) is 5.78 Å². The van der Waals surface area contributed by atoms with Crippen molar-refractivity contribution in [3.05, 3.63) is 69.9 Å². The van der Waals surface area contributed by atoms with Gasteiger partial charge in [-0.2, -0.15) is 0 Å². The predicted molar refractivity (Wildman–Crippen MR) is 99.4 cm³/mol. The van der Waals surface area contributed by atoms with Gasteiger partial charge in [0.05, 0.1) is 18.4 Å². The van der Waals surface area contributed by atoms with Gasteiger partial charge in [-0.15, -0.1) is 11.3 Å². The van der Waals surface area contributed by atoms with Crippen LogP contribution in [0.2, 0.25) is 0 Å². The van der Waals surface area contributed by atoms with Crippen LogP contribution in [-0.2, 0) is 6.54 Å². The number of nitrogens with zero attached hydrogens (tertiary/aromatic N) is 3. The van der Waals surface area contributed by atoms with E-state index in [0.717, 1.165) is 21.5 Å². The molecule has 0 saturated carbocycles. The van der Waals surface area contributed by atoms with E-state index < -0.39 is 0 Å². The van der Waals surface area contributed by atoms with Gasteiger partial charge in [0.2, 0.25) is 0 Å². The maximum absolute atomic E-state index is 12.8. The number of pyridine rings is 1. The second kappa shape index (κ2) is 5.89. The van der Waals surface area contributed by atoms with Crippen LogP contribution in [0.5, 0.6) is 0 Å². The van der Waals surface area contributed by atoms with Gasteiger partial charge in [-0.3, -0.25) is 14.2 Å². The summed E-state index contributed by atoms with van der Waals surface area (Å²) < 4.78 is 1.91. The summed E-state index contributed by atoms with van der Waals surface area (Å²) in [7, 11) is 0. The van der Waals surface area contributed by atoms with Crippen molar-refractivity contribution in [2.45, 2.75) is 20.4 Å². The maximum Gasteiger partial charge on any atom is 0.271 e. The smallest absolute Gasteiger partial charge is 0.271 e. The van der Waals surface area contributed by atoms with Gasteiger partial charge in [-0.1, -0.05) is 30.3 Å². The Morgan fingerprint density at radius 3 is 2.72 bits per heavy atom. The number of hydrogen-bond acceptors (Lipinski definition) is 5. The van der Waals surface area contributed by atoms with E-state index in [1.165, 1.54) is 22.2 Å². The Kier molecular flexibility index (Phi) is 3.69. The topological polar surface area (TPSA) is 64.8 Å². The normalized spacial score (nSPS) is 11.3. The molecule has 5 nitrogen and oxygen atoms in total. The summed E-state index contributed by atoms with van der Waals surface area (Å²) in [6, 6.07) is 10.9. The zero-order chi connectivity index (χ0) is 17.6. The molecular weight excluding hydrogens is 334 g/mol. The summed E-state index contributed by atoms with van der Waals surface area (Å²) in [5.74, 6) is -0.116. The van der Waals surface area contributed by atoms with Crippen LogP contribution >= 0.6 is 11.3 Å². The van der Waals surface area contributed by atoms with Crippen molar-refractivity contribution < 1.29 is 4.79 Å². The van der Waals surface area contributed by atoms with E-state index in [4.69, 9.17) is 0 Å². The third kappa shape index (κ3) is 2.64. The summed E-state index contributed by atoms with van der Waals surface area (Å²) in [6.07, 6.45) is 1.46. The Bertz CT molecular complexity index is 1180.